The van der Waals surface area contributed by atoms with Gasteiger partial charge in [0.05, 0.1) is 17.9 Å². The third kappa shape index (κ3) is 7.96. The summed E-state index contributed by atoms with van der Waals surface area (Å²) < 4.78 is 11.1. The SMILES string of the molecule is CCCCCCCCOc1ccc(C(=O)Oc2ccc(C=Nc3cccc(O)c3)c(O)c2)cc1. The summed E-state index contributed by atoms with van der Waals surface area (Å²) in [6, 6.07) is 17.9. The lowest BCUT2D eigenvalue weighted by Crippen LogP contribution is -2.08. The first-order chi connectivity index (χ1) is 16.5. The van der Waals surface area contributed by atoms with E-state index in [0.717, 1.165) is 18.6 Å². The fraction of sp³-hybridized carbons (Fsp3) is 0.286. The standard InChI is InChI=1S/C28H31NO5/c1-2-3-4-5-6-7-17-33-25-14-11-21(12-15-25)28(32)34-26-16-13-22(27(31)19-26)20-29-23-9-8-10-24(30)18-23/h8-16,18-20,30-31H,2-7,17H2,1H3. The fourth-order valence-electron chi connectivity index (χ4n) is 3.34. The smallest absolute Gasteiger partial charge is 0.343 e. The summed E-state index contributed by atoms with van der Waals surface area (Å²) in [5.74, 6) is 0.452. The molecule has 0 atom stereocenters. The van der Waals surface area contributed by atoms with Gasteiger partial charge in [-0.15, -0.1) is 0 Å². The van der Waals surface area contributed by atoms with Gasteiger partial charge in [-0.3, -0.25) is 4.99 Å². The Kier molecular flexibility index (Phi) is 9.52. The van der Waals surface area contributed by atoms with Crippen LogP contribution in [0.5, 0.6) is 23.0 Å². The molecule has 0 fully saturated rings. The van der Waals surface area contributed by atoms with E-state index in [9.17, 15) is 15.0 Å². The molecule has 0 aliphatic rings. The molecule has 2 N–H and O–H groups in total. The van der Waals surface area contributed by atoms with Crippen LogP contribution in [-0.2, 0) is 0 Å². The molecular weight excluding hydrogens is 430 g/mol. The van der Waals surface area contributed by atoms with Gasteiger partial charge in [0.25, 0.3) is 0 Å². The Morgan fingerprint density at radius 3 is 2.35 bits per heavy atom. The maximum absolute atomic E-state index is 12.5. The van der Waals surface area contributed by atoms with Crippen molar-refractivity contribution in [3.05, 3.63) is 77.9 Å². The lowest BCUT2D eigenvalue weighted by molar-refractivity contribution is 0.0734. The molecule has 0 spiro atoms. The van der Waals surface area contributed by atoms with Crippen LogP contribution in [0.15, 0.2) is 71.7 Å². The first kappa shape index (κ1) is 24.8. The van der Waals surface area contributed by atoms with E-state index in [0.29, 0.717) is 23.4 Å². The average molecular weight is 462 g/mol. The number of esters is 1. The molecule has 0 aliphatic heterocycles. The summed E-state index contributed by atoms with van der Waals surface area (Å²) in [6.07, 6.45) is 8.71. The van der Waals surface area contributed by atoms with E-state index in [1.807, 2.05) is 0 Å². The lowest BCUT2D eigenvalue weighted by Gasteiger charge is -2.08. The van der Waals surface area contributed by atoms with E-state index in [1.54, 1.807) is 54.6 Å². The molecule has 0 aliphatic carbocycles. The number of nitrogens with zero attached hydrogens (tertiary/aromatic N) is 1. The van der Waals surface area contributed by atoms with Gasteiger partial charge in [-0.1, -0.05) is 45.1 Å². The van der Waals surface area contributed by atoms with E-state index in [4.69, 9.17) is 9.47 Å². The minimum absolute atomic E-state index is 0.0763. The second-order valence-corrected chi connectivity index (χ2v) is 8.03. The molecule has 0 unspecified atom stereocenters. The molecule has 0 aromatic heterocycles. The highest BCUT2D eigenvalue weighted by Crippen LogP contribution is 2.25. The molecular formula is C28H31NO5. The van der Waals surface area contributed by atoms with Gasteiger partial charge in [0, 0.05) is 23.9 Å². The molecule has 0 bridgehead atoms. The van der Waals surface area contributed by atoms with Gasteiger partial charge in [0.15, 0.2) is 0 Å². The van der Waals surface area contributed by atoms with Crippen molar-refractivity contribution in [3.8, 4) is 23.0 Å². The molecule has 3 aromatic carbocycles. The van der Waals surface area contributed by atoms with Crippen molar-refractivity contribution in [1.29, 1.82) is 0 Å². The summed E-state index contributed by atoms with van der Waals surface area (Å²) in [7, 11) is 0. The second kappa shape index (κ2) is 13.0. The fourth-order valence-corrected chi connectivity index (χ4v) is 3.34. The van der Waals surface area contributed by atoms with Crippen LogP contribution in [0.3, 0.4) is 0 Å². The van der Waals surface area contributed by atoms with Gasteiger partial charge in [0.2, 0.25) is 0 Å². The van der Waals surface area contributed by atoms with Crippen molar-refractivity contribution in [2.24, 2.45) is 4.99 Å². The summed E-state index contributed by atoms with van der Waals surface area (Å²) in [5.41, 5.74) is 1.39. The summed E-state index contributed by atoms with van der Waals surface area (Å²) in [6.45, 7) is 2.87. The van der Waals surface area contributed by atoms with Crippen LogP contribution in [0.4, 0.5) is 5.69 Å². The maximum atomic E-state index is 12.5. The summed E-state index contributed by atoms with van der Waals surface area (Å²) >= 11 is 0. The quantitative estimate of drug-likeness (QED) is 0.134. The van der Waals surface area contributed by atoms with Crippen molar-refractivity contribution in [1.82, 2.24) is 0 Å². The highest BCUT2D eigenvalue weighted by atomic mass is 16.5. The number of phenolic OH excluding ortho intramolecular Hbond substituents is 2. The Hall–Kier alpha value is -3.80. The van der Waals surface area contributed by atoms with Gasteiger partial charge in [-0.2, -0.15) is 0 Å². The van der Waals surface area contributed by atoms with E-state index in [2.05, 4.69) is 11.9 Å². The largest absolute Gasteiger partial charge is 0.508 e. The molecule has 0 amide bonds. The zero-order chi connectivity index (χ0) is 24.2. The first-order valence-electron chi connectivity index (χ1n) is 11.7. The van der Waals surface area contributed by atoms with Crippen LogP contribution in [0, 0.1) is 0 Å². The minimum atomic E-state index is -0.525. The Labute approximate surface area is 200 Å². The highest BCUT2D eigenvalue weighted by Gasteiger charge is 2.10. The predicted molar refractivity (Wildman–Crippen MR) is 134 cm³/mol. The number of aromatic hydroxyl groups is 2. The molecule has 178 valence electrons. The maximum Gasteiger partial charge on any atom is 0.343 e. The van der Waals surface area contributed by atoms with Crippen LogP contribution >= 0.6 is 0 Å². The number of aliphatic imine (C=N–C) groups is 1. The van der Waals surface area contributed by atoms with Crippen LogP contribution < -0.4 is 9.47 Å². The third-order valence-corrected chi connectivity index (χ3v) is 5.25. The number of hydrogen-bond donors (Lipinski definition) is 2. The van der Waals surface area contributed by atoms with E-state index in [-0.39, 0.29) is 17.2 Å². The van der Waals surface area contributed by atoms with Crippen molar-refractivity contribution in [3.63, 3.8) is 0 Å². The van der Waals surface area contributed by atoms with Crippen molar-refractivity contribution in [2.75, 3.05) is 6.61 Å². The van der Waals surface area contributed by atoms with Gasteiger partial charge in [-0.05, 0) is 55.0 Å². The van der Waals surface area contributed by atoms with Crippen LogP contribution in [0.1, 0.15) is 61.4 Å². The molecule has 3 rings (SSSR count). The second-order valence-electron chi connectivity index (χ2n) is 8.03. The van der Waals surface area contributed by atoms with E-state index < -0.39 is 5.97 Å². The number of carbonyl (C=O) groups is 1. The van der Waals surface area contributed by atoms with Gasteiger partial charge >= 0.3 is 5.97 Å². The molecule has 0 saturated carbocycles. The molecule has 6 nitrogen and oxygen atoms in total. The van der Waals surface area contributed by atoms with Crippen LogP contribution in [-0.4, -0.2) is 29.0 Å². The molecule has 0 radical (unpaired) electrons. The number of hydrogen-bond acceptors (Lipinski definition) is 6. The molecule has 34 heavy (non-hydrogen) atoms. The Morgan fingerprint density at radius 1 is 0.882 bits per heavy atom. The van der Waals surface area contributed by atoms with Crippen LogP contribution in [0.2, 0.25) is 0 Å². The van der Waals surface area contributed by atoms with Gasteiger partial charge in [0.1, 0.15) is 23.0 Å². The summed E-state index contributed by atoms with van der Waals surface area (Å²) in [5, 5.41) is 19.8. The number of rotatable bonds is 12. The Bertz CT molecular complexity index is 1090. The molecule has 0 saturated heterocycles. The number of phenols is 2. The number of carbonyl (C=O) groups excluding carboxylic acids is 1. The van der Waals surface area contributed by atoms with Crippen molar-refractivity contribution < 1.29 is 24.5 Å². The zero-order valence-corrected chi connectivity index (χ0v) is 19.4. The van der Waals surface area contributed by atoms with E-state index in [1.165, 1.54) is 44.0 Å². The number of unbranched alkanes of at least 4 members (excludes halogenated alkanes) is 5. The lowest BCUT2D eigenvalue weighted by atomic mass is 10.1. The predicted octanol–water partition coefficient (Wildman–Crippen LogP) is 6.81. The normalized spacial score (nSPS) is 11.0. The topological polar surface area (TPSA) is 88.4 Å². The Balaban J connectivity index is 1.49. The zero-order valence-electron chi connectivity index (χ0n) is 19.4. The van der Waals surface area contributed by atoms with Gasteiger partial charge in [-0.25, -0.2) is 4.79 Å². The van der Waals surface area contributed by atoms with Gasteiger partial charge < -0.3 is 19.7 Å². The summed E-state index contributed by atoms with van der Waals surface area (Å²) in [4.78, 5) is 16.7. The highest BCUT2D eigenvalue weighted by molar-refractivity contribution is 5.91. The molecule has 0 heterocycles. The van der Waals surface area contributed by atoms with Crippen molar-refractivity contribution in [2.45, 2.75) is 45.4 Å². The van der Waals surface area contributed by atoms with E-state index >= 15 is 0 Å². The third-order valence-electron chi connectivity index (χ3n) is 5.25. The molecule has 6 heteroatoms. The Morgan fingerprint density at radius 2 is 1.62 bits per heavy atom. The number of ether oxygens (including phenoxy) is 2. The monoisotopic (exact) mass is 461 g/mol. The first-order valence-corrected chi connectivity index (χ1v) is 11.7. The van der Waals surface area contributed by atoms with Crippen molar-refractivity contribution >= 4 is 17.9 Å². The molecule has 3 aromatic rings. The number of benzene rings is 3. The minimum Gasteiger partial charge on any atom is -0.508 e. The average Bonchev–Trinajstić information content (AvgIpc) is 2.83. The van der Waals surface area contributed by atoms with Crippen LogP contribution in [0.25, 0.3) is 0 Å².